The van der Waals surface area contributed by atoms with Crippen molar-refractivity contribution in [2.45, 2.75) is 19.9 Å². The predicted molar refractivity (Wildman–Crippen MR) is 120 cm³/mol. The van der Waals surface area contributed by atoms with Gasteiger partial charge in [-0.1, -0.05) is 48.5 Å². The van der Waals surface area contributed by atoms with Crippen LogP contribution >= 0.6 is 11.6 Å². The van der Waals surface area contributed by atoms with Gasteiger partial charge in [-0.25, -0.2) is 0 Å². The second kappa shape index (κ2) is 11.8. The number of guanidine groups is 1. The fourth-order valence-corrected chi connectivity index (χ4v) is 2.85. The van der Waals surface area contributed by atoms with Crippen LogP contribution in [0.25, 0.3) is 0 Å². The molecule has 0 unspecified atom stereocenters. The standard InChI is InChI=1S/C22H27ClN4O2/c1-4-13-29-20-8-6-5-7-17(20)15-26-22(24-3)25-12-11-21(28)27-19-10-9-16(2)14-18(19)23/h4-10,14H,1,11-13,15H2,2-3H3,(H,27,28)(H2,24,25,26). The molecule has 2 aromatic rings. The third kappa shape index (κ3) is 7.50. The van der Waals surface area contributed by atoms with Gasteiger partial charge in [0.1, 0.15) is 12.4 Å². The minimum atomic E-state index is -0.123. The van der Waals surface area contributed by atoms with E-state index in [0.717, 1.165) is 16.9 Å². The number of carbonyl (C=O) groups is 1. The van der Waals surface area contributed by atoms with Crippen molar-refractivity contribution in [3.8, 4) is 5.75 Å². The average Bonchev–Trinajstić information content (AvgIpc) is 2.71. The molecule has 0 saturated heterocycles. The highest BCUT2D eigenvalue weighted by Crippen LogP contribution is 2.22. The number of aliphatic imine (C=N–C) groups is 1. The van der Waals surface area contributed by atoms with Gasteiger partial charge in [0.15, 0.2) is 5.96 Å². The Morgan fingerprint density at radius 3 is 2.76 bits per heavy atom. The quantitative estimate of drug-likeness (QED) is 0.330. The molecule has 7 heteroatoms. The zero-order valence-corrected chi connectivity index (χ0v) is 17.6. The first kappa shape index (κ1) is 22.3. The molecule has 0 spiro atoms. The summed E-state index contributed by atoms with van der Waals surface area (Å²) in [5.74, 6) is 1.27. The highest BCUT2D eigenvalue weighted by molar-refractivity contribution is 6.33. The largest absolute Gasteiger partial charge is 0.489 e. The Balaban J connectivity index is 1.79. The van der Waals surface area contributed by atoms with E-state index in [1.807, 2.05) is 43.3 Å². The number of rotatable bonds is 9. The molecule has 0 saturated carbocycles. The van der Waals surface area contributed by atoms with Crippen LogP contribution < -0.4 is 20.7 Å². The fraction of sp³-hybridized carbons (Fsp3) is 0.273. The minimum absolute atomic E-state index is 0.123. The summed E-state index contributed by atoms with van der Waals surface area (Å²) < 4.78 is 5.66. The summed E-state index contributed by atoms with van der Waals surface area (Å²) in [4.78, 5) is 16.3. The van der Waals surface area contributed by atoms with Crippen LogP contribution in [0.2, 0.25) is 5.02 Å². The number of para-hydroxylation sites is 1. The maximum Gasteiger partial charge on any atom is 0.226 e. The second-order valence-electron chi connectivity index (χ2n) is 6.34. The Morgan fingerprint density at radius 1 is 1.24 bits per heavy atom. The first-order valence-corrected chi connectivity index (χ1v) is 9.73. The second-order valence-corrected chi connectivity index (χ2v) is 6.75. The molecule has 0 atom stereocenters. The van der Waals surface area contributed by atoms with Crippen molar-refractivity contribution in [3.05, 3.63) is 71.3 Å². The van der Waals surface area contributed by atoms with Gasteiger partial charge in [0.2, 0.25) is 5.91 Å². The van der Waals surface area contributed by atoms with Crippen LogP contribution in [-0.2, 0) is 11.3 Å². The molecular weight excluding hydrogens is 388 g/mol. The van der Waals surface area contributed by atoms with Gasteiger partial charge in [-0.3, -0.25) is 9.79 Å². The molecule has 0 fully saturated rings. The molecule has 0 aliphatic heterocycles. The number of benzene rings is 2. The Labute approximate surface area is 177 Å². The predicted octanol–water partition coefficient (Wildman–Crippen LogP) is 3.91. The molecule has 0 heterocycles. The number of anilines is 1. The van der Waals surface area contributed by atoms with Gasteiger partial charge in [0.25, 0.3) is 0 Å². The fourth-order valence-electron chi connectivity index (χ4n) is 2.57. The van der Waals surface area contributed by atoms with E-state index in [9.17, 15) is 4.79 Å². The van der Waals surface area contributed by atoms with E-state index in [0.29, 0.717) is 36.4 Å². The number of carbonyl (C=O) groups excluding carboxylic acids is 1. The van der Waals surface area contributed by atoms with Crippen molar-refractivity contribution in [3.63, 3.8) is 0 Å². The molecule has 3 N–H and O–H groups in total. The first-order chi connectivity index (χ1) is 14.0. The Morgan fingerprint density at radius 2 is 2.03 bits per heavy atom. The van der Waals surface area contributed by atoms with Gasteiger partial charge in [0, 0.05) is 32.1 Å². The SMILES string of the molecule is C=CCOc1ccccc1CNC(=NC)NCCC(=O)Nc1ccc(C)cc1Cl. The van der Waals surface area contributed by atoms with Gasteiger partial charge < -0.3 is 20.7 Å². The van der Waals surface area contributed by atoms with Crippen LogP contribution in [-0.4, -0.2) is 32.1 Å². The molecule has 0 aromatic heterocycles. The first-order valence-electron chi connectivity index (χ1n) is 9.35. The van der Waals surface area contributed by atoms with Crippen LogP contribution in [0.4, 0.5) is 5.69 Å². The lowest BCUT2D eigenvalue weighted by Gasteiger charge is -2.14. The number of ether oxygens (including phenoxy) is 1. The van der Waals surface area contributed by atoms with E-state index >= 15 is 0 Å². The van der Waals surface area contributed by atoms with Crippen LogP contribution in [0, 0.1) is 6.92 Å². The van der Waals surface area contributed by atoms with E-state index in [1.165, 1.54) is 0 Å². The Bertz CT molecular complexity index is 868. The molecule has 0 bridgehead atoms. The third-order valence-corrected chi connectivity index (χ3v) is 4.36. The summed E-state index contributed by atoms with van der Waals surface area (Å²) in [7, 11) is 1.68. The summed E-state index contributed by atoms with van der Waals surface area (Å²) in [6.07, 6.45) is 1.99. The summed E-state index contributed by atoms with van der Waals surface area (Å²) in [5, 5.41) is 9.70. The van der Waals surface area contributed by atoms with Crippen molar-refractivity contribution in [1.82, 2.24) is 10.6 Å². The van der Waals surface area contributed by atoms with Gasteiger partial charge in [-0.2, -0.15) is 0 Å². The van der Waals surface area contributed by atoms with Crippen molar-refractivity contribution >= 4 is 29.2 Å². The van der Waals surface area contributed by atoms with Crippen molar-refractivity contribution in [2.24, 2.45) is 4.99 Å². The maximum atomic E-state index is 12.1. The van der Waals surface area contributed by atoms with Crippen LogP contribution in [0.1, 0.15) is 17.5 Å². The van der Waals surface area contributed by atoms with Gasteiger partial charge in [-0.05, 0) is 30.7 Å². The summed E-state index contributed by atoms with van der Waals surface area (Å²) in [5.41, 5.74) is 2.66. The molecule has 2 rings (SSSR count). The van der Waals surface area contributed by atoms with E-state index in [1.54, 1.807) is 19.2 Å². The number of amides is 1. The van der Waals surface area contributed by atoms with Crippen LogP contribution in [0.5, 0.6) is 5.75 Å². The molecule has 0 aliphatic rings. The highest BCUT2D eigenvalue weighted by atomic mass is 35.5. The number of aryl methyl sites for hydroxylation is 1. The number of nitrogens with zero attached hydrogens (tertiary/aromatic N) is 1. The lowest BCUT2D eigenvalue weighted by Crippen LogP contribution is -2.38. The molecular formula is C22H27ClN4O2. The zero-order valence-electron chi connectivity index (χ0n) is 16.8. The molecule has 6 nitrogen and oxygen atoms in total. The van der Waals surface area contributed by atoms with Gasteiger partial charge in [0.05, 0.1) is 10.7 Å². The normalized spacial score (nSPS) is 10.9. The molecule has 29 heavy (non-hydrogen) atoms. The monoisotopic (exact) mass is 414 g/mol. The highest BCUT2D eigenvalue weighted by Gasteiger charge is 2.07. The van der Waals surface area contributed by atoms with Gasteiger partial charge >= 0.3 is 0 Å². The number of hydrogen-bond acceptors (Lipinski definition) is 3. The summed E-state index contributed by atoms with van der Waals surface area (Å²) >= 11 is 6.15. The zero-order chi connectivity index (χ0) is 21.1. The molecule has 0 radical (unpaired) electrons. The summed E-state index contributed by atoms with van der Waals surface area (Å²) in [6.45, 7) is 7.04. The van der Waals surface area contributed by atoms with Crippen LogP contribution in [0.15, 0.2) is 60.1 Å². The Hall–Kier alpha value is -2.99. The van der Waals surface area contributed by atoms with Crippen molar-refractivity contribution in [2.75, 3.05) is 25.5 Å². The minimum Gasteiger partial charge on any atom is -0.489 e. The van der Waals surface area contributed by atoms with Gasteiger partial charge in [-0.15, -0.1) is 0 Å². The lowest BCUT2D eigenvalue weighted by molar-refractivity contribution is -0.116. The third-order valence-electron chi connectivity index (χ3n) is 4.04. The van der Waals surface area contributed by atoms with Crippen LogP contribution in [0.3, 0.4) is 0 Å². The maximum absolute atomic E-state index is 12.1. The smallest absolute Gasteiger partial charge is 0.226 e. The number of nitrogens with one attached hydrogen (secondary N) is 3. The molecule has 0 aliphatic carbocycles. The van der Waals surface area contributed by atoms with Crippen molar-refractivity contribution in [1.29, 1.82) is 0 Å². The number of hydrogen-bond donors (Lipinski definition) is 3. The molecule has 1 amide bonds. The van der Waals surface area contributed by atoms with Crippen molar-refractivity contribution < 1.29 is 9.53 Å². The topological polar surface area (TPSA) is 74.8 Å². The molecule has 2 aromatic carbocycles. The molecule has 154 valence electrons. The van der Waals surface area contributed by atoms with E-state index in [4.69, 9.17) is 16.3 Å². The van der Waals surface area contributed by atoms with E-state index in [-0.39, 0.29) is 12.3 Å². The van der Waals surface area contributed by atoms with E-state index < -0.39 is 0 Å². The summed E-state index contributed by atoms with van der Waals surface area (Å²) in [6, 6.07) is 13.3. The number of halogens is 1. The van der Waals surface area contributed by atoms with E-state index in [2.05, 4.69) is 27.5 Å². The average molecular weight is 415 g/mol. The Kier molecular flexibility index (Phi) is 9.05. The lowest BCUT2D eigenvalue weighted by atomic mass is 10.2.